The SMILES string of the molecule is O=c1[nH]c(=S)c2c(n1N1CCOCC1)CCC2. The Kier molecular flexibility index (Phi) is 2.76. The molecule has 3 rings (SSSR count). The Morgan fingerprint density at radius 2 is 2.00 bits per heavy atom. The van der Waals surface area contributed by atoms with E-state index in [4.69, 9.17) is 17.0 Å². The third-order valence-electron chi connectivity index (χ3n) is 3.40. The molecule has 0 aromatic carbocycles. The number of ether oxygens (including phenoxy) is 1. The molecule has 0 atom stereocenters. The summed E-state index contributed by atoms with van der Waals surface area (Å²) >= 11 is 5.22. The molecule has 0 unspecified atom stereocenters. The van der Waals surface area contributed by atoms with Gasteiger partial charge in [-0.3, -0.25) is 4.98 Å². The van der Waals surface area contributed by atoms with Crippen molar-refractivity contribution < 1.29 is 4.74 Å². The molecule has 0 spiro atoms. The van der Waals surface area contributed by atoms with Crippen LogP contribution in [-0.2, 0) is 17.6 Å². The van der Waals surface area contributed by atoms with Crippen molar-refractivity contribution >= 4 is 12.2 Å². The Morgan fingerprint density at radius 3 is 2.76 bits per heavy atom. The minimum Gasteiger partial charge on any atom is -0.378 e. The van der Waals surface area contributed by atoms with Gasteiger partial charge in [0.15, 0.2) is 0 Å². The van der Waals surface area contributed by atoms with Crippen LogP contribution >= 0.6 is 12.2 Å². The number of rotatable bonds is 1. The fourth-order valence-electron chi connectivity index (χ4n) is 2.61. The van der Waals surface area contributed by atoms with Crippen molar-refractivity contribution in [2.45, 2.75) is 19.3 Å². The molecule has 1 aromatic rings. The van der Waals surface area contributed by atoms with E-state index in [0.29, 0.717) is 17.9 Å². The van der Waals surface area contributed by atoms with Crippen molar-refractivity contribution in [1.29, 1.82) is 0 Å². The third kappa shape index (κ3) is 1.81. The summed E-state index contributed by atoms with van der Waals surface area (Å²) in [6, 6.07) is 0. The number of nitrogens with one attached hydrogen (secondary N) is 1. The molecule has 2 heterocycles. The lowest BCUT2D eigenvalue weighted by Gasteiger charge is -2.31. The normalized spacial score (nSPS) is 19.4. The molecule has 1 aliphatic heterocycles. The fraction of sp³-hybridized carbons (Fsp3) is 0.636. The van der Waals surface area contributed by atoms with E-state index in [1.54, 1.807) is 4.68 Å². The van der Waals surface area contributed by atoms with Crippen molar-refractivity contribution in [2.24, 2.45) is 0 Å². The quantitative estimate of drug-likeness (QED) is 0.734. The first-order valence-electron chi connectivity index (χ1n) is 5.97. The third-order valence-corrected chi connectivity index (χ3v) is 3.75. The molecule has 1 fully saturated rings. The molecular weight excluding hydrogens is 238 g/mol. The Bertz CT molecular complexity index is 543. The molecule has 1 N–H and O–H groups in total. The molecule has 0 bridgehead atoms. The maximum atomic E-state index is 12.1. The topological polar surface area (TPSA) is 50.3 Å². The molecule has 0 saturated carbocycles. The van der Waals surface area contributed by atoms with Crippen LogP contribution in [0.25, 0.3) is 0 Å². The monoisotopic (exact) mass is 253 g/mol. The Balaban J connectivity index is 2.12. The van der Waals surface area contributed by atoms with Gasteiger partial charge in [-0.1, -0.05) is 12.2 Å². The zero-order chi connectivity index (χ0) is 11.8. The van der Waals surface area contributed by atoms with Crippen LogP contribution in [0.15, 0.2) is 4.79 Å². The number of aromatic nitrogens is 2. The Labute approximate surface area is 104 Å². The predicted octanol–water partition coefficient (Wildman–Crippen LogP) is 0.363. The van der Waals surface area contributed by atoms with Crippen LogP contribution in [0.5, 0.6) is 0 Å². The van der Waals surface area contributed by atoms with Crippen LogP contribution in [0.1, 0.15) is 17.7 Å². The number of nitrogens with zero attached hydrogens (tertiary/aromatic N) is 2. The van der Waals surface area contributed by atoms with Crippen LogP contribution in [0, 0.1) is 4.64 Å². The van der Waals surface area contributed by atoms with Gasteiger partial charge in [0.25, 0.3) is 0 Å². The van der Waals surface area contributed by atoms with Gasteiger partial charge in [-0.05, 0) is 19.3 Å². The van der Waals surface area contributed by atoms with E-state index in [-0.39, 0.29) is 5.69 Å². The van der Waals surface area contributed by atoms with Gasteiger partial charge in [0, 0.05) is 5.56 Å². The lowest BCUT2D eigenvalue weighted by molar-refractivity contribution is 0.110. The highest BCUT2D eigenvalue weighted by molar-refractivity contribution is 7.71. The molecular formula is C11H15N3O2S. The number of hydrogen-bond donors (Lipinski definition) is 1. The summed E-state index contributed by atoms with van der Waals surface area (Å²) in [5.41, 5.74) is 2.13. The Morgan fingerprint density at radius 1 is 1.24 bits per heavy atom. The summed E-state index contributed by atoms with van der Waals surface area (Å²) in [5, 5.41) is 2.06. The van der Waals surface area contributed by atoms with Gasteiger partial charge in [-0.15, -0.1) is 0 Å². The van der Waals surface area contributed by atoms with Crippen molar-refractivity contribution in [2.75, 3.05) is 31.3 Å². The average Bonchev–Trinajstić information content (AvgIpc) is 2.79. The van der Waals surface area contributed by atoms with Crippen molar-refractivity contribution in [1.82, 2.24) is 9.66 Å². The summed E-state index contributed by atoms with van der Waals surface area (Å²) in [6.07, 6.45) is 3.01. The number of morpholine rings is 1. The standard InChI is InChI=1S/C11H15N3O2S/c15-11-12-10(17)8-2-1-3-9(8)14(11)13-4-6-16-7-5-13/h1-7H2,(H,12,15,17). The highest BCUT2D eigenvalue weighted by atomic mass is 32.1. The predicted molar refractivity (Wildman–Crippen MR) is 66.7 cm³/mol. The molecule has 5 nitrogen and oxygen atoms in total. The van der Waals surface area contributed by atoms with Gasteiger partial charge in [0.2, 0.25) is 0 Å². The molecule has 0 amide bonds. The highest BCUT2D eigenvalue weighted by Crippen LogP contribution is 2.20. The van der Waals surface area contributed by atoms with E-state index in [0.717, 1.165) is 43.6 Å². The first kappa shape index (κ1) is 11.0. The van der Waals surface area contributed by atoms with E-state index in [1.807, 2.05) is 0 Å². The molecule has 0 radical (unpaired) electrons. The smallest absolute Gasteiger partial charge is 0.345 e. The van der Waals surface area contributed by atoms with Crippen LogP contribution in [-0.4, -0.2) is 36.0 Å². The van der Waals surface area contributed by atoms with Gasteiger partial charge in [0.05, 0.1) is 32.0 Å². The lowest BCUT2D eigenvalue weighted by atomic mass is 10.3. The van der Waals surface area contributed by atoms with Crippen LogP contribution in [0.3, 0.4) is 0 Å². The zero-order valence-corrected chi connectivity index (χ0v) is 10.4. The first-order chi connectivity index (χ1) is 8.27. The summed E-state index contributed by atoms with van der Waals surface area (Å²) < 4.78 is 7.71. The summed E-state index contributed by atoms with van der Waals surface area (Å²) in [4.78, 5) is 14.8. The van der Waals surface area contributed by atoms with Gasteiger partial charge in [-0.25, -0.2) is 9.47 Å². The maximum absolute atomic E-state index is 12.1. The minimum absolute atomic E-state index is 0.113. The highest BCUT2D eigenvalue weighted by Gasteiger charge is 2.22. The van der Waals surface area contributed by atoms with Crippen LogP contribution in [0.2, 0.25) is 0 Å². The molecule has 2 aliphatic rings. The van der Waals surface area contributed by atoms with E-state index < -0.39 is 0 Å². The molecule has 1 saturated heterocycles. The first-order valence-corrected chi connectivity index (χ1v) is 6.38. The largest absolute Gasteiger partial charge is 0.378 e. The van der Waals surface area contributed by atoms with Crippen LogP contribution in [0.4, 0.5) is 0 Å². The molecule has 17 heavy (non-hydrogen) atoms. The average molecular weight is 253 g/mol. The zero-order valence-electron chi connectivity index (χ0n) is 9.57. The molecule has 1 aliphatic carbocycles. The molecule has 1 aromatic heterocycles. The summed E-state index contributed by atoms with van der Waals surface area (Å²) in [7, 11) is 0. The fourth-order valence-corrected chi connectivity index (χ4v) is 2.91. The lowest BCUT2D eigenvalue weighted by Crippen LogP contribution is -2.50. The molecule has 6 heteroatoms. The van der Waals surface area contributed by atoms with Gasteiger partial charge >= 0.3 is 5.69 Å². The van der Waals surface area contributed by atoms with Crippen molar-refractivity contribution in [3.05, 3.63) is 26.4 Å². The van der Waals surface area contributed by atoms with E-state index in [9.17, 15) is 4.79 Å². The van der Waals surface area contributed by atoms with Crippen LogP contribution < -0.4 is 10.7 Å². The Hall–Kier alpha value is -1.14. The van der Waals surface area contributed by atoms with Gasteiger partial charge in [-0.2, -0.15) is 0 Å². The second-order valence-corrected chi connectivity index (χ2v) is 4.82. The number of aromatic amines is 1. The van der Waals surface area contributed by atoms with Gasteiger partial charge < -0.3 is 9.75 Å². The minimum atomic E-state index is -0.113. The summed E-state index contributed by atoms with van der Waals surface area (Å²) in [6.45, 7) is 2.88. The van der Waals surface area contributed by atoms with Gasteiger partial charge in [0.1, 0.15) is 4.64 Å². The summed E-state index contributed by atoms with van der Waals surface area (Å²) in [5.74, 6) is 0. The second kappa shape index (κ2) is 4.27. The van der Waals surface area contributed by atoms with Crippen molar-refractivity contribution in [3.63, 3.8) is 0 Å². The number of hydrogen-bond acceptors (Lipinski definition) is 4. The van der Waals surface area contributed by atoms with E-state index in [1.165, 1.54) is 0 Å². The van der Waals surface area contributed by atoms with Crippen molar-refractivity contribution in [3.8, 4) is 0 Å². The number of fused-ring (bicyclic) bond motifs is 1. The second-order valence-electron chi connectivity index (χ2n) is 4.42. The van der Waals surface area contributed by atoms with E-state index in [2.05, 4.69) is 9.99 Å². The van der Waals surface area contributed by atoms with E-state index >= 15 is 0 Å². The number of H-pyrrole nitrogens is 1. The molecule has 92 valence electrons. The maximum Gasteiger partial charge on any atom is 0.345 e.